The third-order valence-electron chi connectivity index (χ3n) is 6.93. The van der Waals surface area contributed by atoms with Gasteiger partial charge >= 0.3 is 5.97 Å². The van der Waals surface area contributed by atoms with Crippen molar-refractivity contribution in [3.05, 3.63) is 0 Å². The standard InChI is InChI=1S/C29H48N10O12/c1-34(13-21(42)31-10-19(30)40)25(46)17-38(5)28(49)16-37(4)24(45)12-33-22(43)14-35(2)26(47)18-39(6)27(48)15-36(3)23(44)11-32-20(41)8-7-9-29(50)51/h7-18H2,1-6H3,(H2,30,40)(H,31,42)(H,32,41)(H,33,43)(H,50,51). The second-order valence-corrected chi connectivity index (χ2v) is 11.5. The molecule has 0 fully saturated rings. The van der Waals surface area contributed by atoms with E-state index in [1.165, 1.54) is 42.3 Å². The second-order valence-electron chi connectivity index (χ2n) is 11.5. The van der Waals surface area contributed by atoms with Crippen molar-refractivity contribution in [1.82, 2.24) is 45.3 Å². The Morgan fingerprint density at radius 1 is 0.431 bits per heavy atom. The largest absolute Gasteiger partial charge is 0.481 e. The molecule has 0 radical (unpaired) electrons. The fraction of sp³-hybridized carbons (Fsp3) is 0.621. The van der Waals surface area contributed by atoms with E-state index in [0.29, 0.717) is 0 Å². The molecule has 51 heavy (non-hydrogen) atoms. The molecule has 6 N–H and O–H groups in total. The average molecular weight is 729 g/mol. The van der Waals surface area contributed by atoms with Crippen molar-refractivity contribution >= 4 is 65.0 Å². The second kappa shape index (κ2) is 22.7. The van der Waals surface area contributed by atoms with Gasteiger partial charge in [0.2, 0.25) is 59.1 Å². The molecule has 0 saturated carbocycles. The summed E-state index contributed by atoms with van der Waals surface area (Å²) in [6.45, 7) is -3.89. The van der Waals surface area contributed by atoms with Gasteiger partial charge in [0.1, 0.15) is 0 Å². The monoisotopic (exact) mass is 728 g/mol. The predicted octanol–water partition coefficient (Wildman–Crippen LogP) is -6.17. The first-order chi connectivity index (χ1) is 23.6. The zero-order chi connectivity index (χ0) is 39.4. The molecular weight excluding hydrogens is 680 g/mol. The maximum Gasteiger partial charge on any atom is 0.303 e. The Hall–Kier alpha value is -5.83. The summed E-state index contributed by atoms with van der Waals surface area (Å²) in [5.74, 6) is -7.38. The van der Waals surface area contributed by atoms with Crippen LogP contribution in [0.15, 0.2) is 0 Å². The number of likely N-dealkylation sites (N-methyl/N-ethyl adjacent to an activating group) is 6. The highest BCUT2D eigenvalue weighted by Crippen LogP contribution is 1.98. The normalized spacial score (nSPS) is 10.2. The van der Waals surface area contributed by atoms with Gasteiger partial charge in [-0.2, -0.15) is 0 Å². The molecule has 0 heterocycles. The van der Waals surface area contributed by atoms with E-state index >= 15 is 0 Å². The van der Waals surface area contributed by atoms with Crippen molar-refractivity contribution in [2.45, 2.75) is 19.3 Å². The lowest BCUT2D eigenvalue weighted by Gasteiger charge is -2.25. The Bertz CT molecular complexity index is 1340. The van der Waals surface area contributed by atoms with Crippen molar-refractivity contribution in [1.29, 1.82) is 0 Å². The van der Waals surface area contributed by atoms with Crippen LogP contribution in [0.1, 0.15) is 19.3 Å². The Morgan fingerprint density at radius 2 is 0.725 bits per heavy atom. The Labute approximate surface area is 294 Å². The van der Waals surface area contributed by atoms with Crippen LogP contribution in [0.4, 0.5) is 0 Å². The zero-order valence-electron chi connectivity index (χ0n) is 29.7. The third-order valence-corrected chi connectivity index (χ3v) is 6.93. The lowest BCUT2D eigenvalue weighted by molar-refractivity contribution is -0.143. The van der Waals surface area contributed by atoms with Gasteiger partial charge in [0.15, 0.2) is 0 Å². The number of carboxylic acid groups (broad SMARTS) is 1. The number of carbonyl (C=O) groups is 11. The van der Waals surface area contributed by atoms with Crippen LogP contribution in [0.2, 0.25) is 0 Å². The van der Waals surface area contributed by atoms with E-state index in [1.54, 1.807) is 0 Å². The fourth-order valence-corrected chi connectivity index (χ4v) is 3.66. The SMILES string of the molecule is CN(CC(=O)NCC(N)=O)C(=O)CN(C)C(=O)CN(C)C(=O)CNC(=O)CN(C)C(=O)CN(C)C(=O)CN(C)C(=O)CNC(=O)CCCC(=O)O. The van der Waals surface area contributed by atoms with Gasteiger partial charge in [0, 0.05) is 55.1 Å². The van der Waals surface area contributed by atoms with E-state index in [2.05, 4.69) is 16.0 Å². The molecule has 0 aliphatic carbocycles. The molecule has 0 aromatic rings. The lowest BCUT2D eigenvalue weighted by atomic mass is 10.2. The number of nitrogens with one attached hydrogen (secondary N) is 3. The van der Waals surface area contributed by atoms with Crippen LogP contribution in [0, 0.1) is 0 Å². The van der Waals surface area contributed by atoms with Crippen LogP contribution in [0.3, 0.4) is 0 Å². The molecule has 0 saturated heterocycles. The van der Waals surface area contributed by atoms with Gasteiger partial charge in [-0.25, -0.2) is 0 Å². The summed E-state index contributed by atoms with van der Waals surface area (Å²) < 4.78 is 0. The minimum atomic E-state index is -1.05. The van der Waals surface area contributed by atoms with Gasteiger partial charge < -0.3 is 56.2 Å². The van der Waals surface area contributed by atoms with E-state index < -0.39 is 117 Å². The van der Waals surface area contributed by atoms with Gasteiger partial charge in [-0.1, -0.05) is 0 Å². The maximum atomic E-state index is 12.6. The van der Waals surface area contributed by atoms with E-state index in [0.717, 1.165) is 29.4 Å². The summed E-state index contributed by atoms with van der Waals surface area (Å²) >= 11 is 0. The van der Waals surface area contributed by atoms with Crippen LogP contribution in [-0.2, 0) is 52.7 Å². The highest BCUT2D eigenvalue weighted by molar-refractivity contribution is 5.93. The Kier molecular flexibility index (Phi) is 20.1. The smallest absolute Gasteiger partial charge is 0.303 e. The van der Waals surface area contributed by atoms with Crippen molar-refractivity contribution in [3.63, 3.8) is 0 Å². The number of hydrogen-bond donors (Lipinski definition) is 5. The first-order valence-corrected chi connectivity index (χ1v) is 15.4. The van der Waals surface area contributed by atoms with Crippen molar-refractivity contribution in [2.75, 3.05) is 101 Å². The van der Waals surface area contributed by atoms with Crippen molar-refractivity contribution in [2.24, 2.45) is 5.73 Å². The van der Waals surface area contributed by atoms with E-state index in [-0.39, 0.29) is 25.8 Å². The molecule has 22 heteroatoms. The first kappa shape index (κ1) is 45.2. The quantitative estimate of drug-likeness (QED) is 0.0696. The Morgan fingerprint density at radius 3 is 1.06 bits per heavy atom. The van der Waals surface area contributed by atoms with Crippen LogP contribution in [-0.4, -0.2) is 201 Å². The van der Waals surface area contributed by atoms with Crippen LogP contribution >= 0.6 is 0 Å². The molecule has 22 nitrogen and oxygen atoms in total. The summed E-state index contributed by atoms with van der Waals surface area (Å²) in [5.41, 5.74) is 4.94. The number of primary amides is 1. The highest BCUT2D eigenvalue weighted by Gasteiger charge is 2.23. The molecule has 286 valence electrons. The van der Waals surface area contributed by atoms with Gasteiger partial charge in [0.25, 0.3) is 0 Å². The van der Waals surface area contributed by atoms with Gasteiger partial charge in [-0.05, 0) is 6.42 Å². The molecule has 0 aliphatic heterocycles. The number of amides is 10. The molecule has 0 spiro atoms. The number of hydrogen-bond acceptors (Lipinski definition) is 11. The van der Waals surface area contributed by atoms with Crippen LogP contribution in [0.5, 0.6) is 0 Å². The molecule has 0 unspecified atom stereocenters. The minimum absolute atomic E-state index is 0.0806. The number of rotatable bonds is 22. The average Bonchev–Trinajstić information content (AvgIpc) is 3.04. The highest BCUT2D eigenvalue weighted by atomic mass is 16.4. The molecule has 0 bridgehead atoms. The predicted molar refractivity (Wildman–Crippen MR) is 176 cm³/mol. The first-order valence-electron chi connectivity index (χ1n) is 15.4. The van der Waals surface area contributed by atoms with E-state index in [1.807, 2.05) is 0 Å². The summed E-state index contributed by atoms with van der Waals surface area (Å²) in [5, 5.41) is 15.5. The summed E-state index contributed by atoms with van der Waals surface area (Å²) in [6.07, 6.45) is -0.168. The van der Waals surface area contributed by atoms with Gasteiger partial charge in [-0.3, -0.25) is 52.7 Å². The maximum absolute atomic E-state index is 12.6. The topological polar surface area (TPSA) is 290 Å². The molecule has 0 rings (SSSR count). The van der Waals surface area contributed by atoms with E-state index in [9.17, 15) is 52.7 Å². The number of carbonyl (C=O) groups excluding carboxylic acids is 10. The van der Waals surface area contributed by atoms with Gasteiger partial charge in [-0.15, -0.1) is 0 Å². The minimum Gasteiger partial charge on any atom is -0.481 e. The summed E-state index contributed by atoms with van der Waals surface area (Å²) in [7, 11) is 7.86. The molecule has 0 aromatic carbocycles. The van der Waals surface area contributed by atoms with Crippen molar-refractivity contribution < 1.29 is 57.8 Å². The van der Waals surface area contributed by atoms with E-state index in [4.69, 9.17) is 10.8 Å². The number of nitrogens with two attached hydrogens (primary N) is 1. The third kappa shape index (κ3) is 19.7. The zero-order valence-corrected chi connectivity index (χ0v) is 29.7. The fourth-order valence-electron chi connectivity index (χ4n) is 3.66. The van der Waals surface area contributed by atoms with Gasteiger partial charge in [0.05, 0.1) is 58.9 Å². The van der Waals surface area contributed by atoms with Crippen LogP contribution < -0.4 is 21.7 Å². The van der Waals surface area contributed by atoms with Crippen LogP contribution in [0.25, 0.3) is 0 Å². The molecule has 0 aromatic heterocycles. The lowest BCUT2D eigenvalue weighted by Crippen LogP contribution is -2.49. The summed E-state index contributed by atoms with van der Waals surface area (Å²) in [4.78, 5) is 138. The molecular formula is C29H48N10O12. The number of carboxylic acids is 1. The summed E-state index contributed by atoms with van der Waals surface area (Å²) in [6, 6.07) is 0. The number of aliphatic carboxylic acids is 1. The van der Waals surface area contributed by atoms with Crippen molar-refractivity contribution in [3.8, 4) is 0 Å². The Balaban J connectivity index is 4.60. The number of nitrogens with zero attached hydrogens (tertiary/aromatic N) is 6. The molecule has 0 aliphatic rings. The molecule has 0 atom stereocenters. The molecule has 10 amide bonds.